The molecule has 0 fully saturated rings. The summed E-state index contributed by atoms with van der Waals surface area (Å²) < 4.78 is 6.96. The fourth-order valence-electron chi connectivity index (χ4n) is 2.18. The number of aryl methyl sites for hydroxylation is 1. The molecule has 0 aliphatic rings. The SMILES string of the molecule is CC(=O)Nc1ccc(OCc2nc3ccccc3s2)cc1C. The highest BCUT2D eigenvalue weighted by Gasteiger charge is 2.06. The summed E-state index contributed by atoms with van der Waals surface area (Å²) in [6.07, 6.45) is 0. The number of nitrogens with zero attached hydrogens (tertiary/aromatic N) is 1. The van der Waals surface area contributed by atoms with Gasteiger partial charge < -0.3 is 10.1 Å². The number of carbonyl (C=O) groups is 1. The van der Waals surface area contributed by atoms with Crippen LogP contribution in [0.2, 0.25) is 0 Å². The van der Waals surface area contributed by atoms with Crippen molar-refractivity contribution in [1.29, 1.82) is 0 Å². The summed E-state index contributed by atoms with van der Waals surface area (Å²) in [5.74, 6) is 0.692. The summed E-state index contributed by atoms with van der Waals surface area (Å²) in [5, 5.41) is 3.74. The predicted octanol–water partition coefficient (Wildman–Crippen LogP) is 4.14. The Labute approximate surface area is 132 Å². The number of fused-ring (bicyclic) bond motifs is 1. The van der Waals surface area contributed by atoms with Gasteiger partial charge in [-0.2, -0.15) is 0 Å². The summed E-state index contributed by atoms with van der Waals surface area (Å²) >= 11 is 1.64. The van der Waals surface area contributed by atoms with Gasteiger partial charge in [0.15, 0.2) is 0 Å². The van der Waals surface area contributed by atoms with Crippen molar-refractivity contribution in [2.24, 2.45) is 0 Å². The molecule has 1 aromatic heterocycles. The molecular formula is C17H16N2O2S. The van der Waals surface area contributed by atoms with Crippen molar-refractivity contribution >= 4 is 33.1 Å². The van der Waals surface area contributed by atoms with E-state index < -0.39 is 0 Å². The van der Waals surface area contributed by atoms with Crippen LogP contribution < -0.4 is 10.1 Å². The second-order valence-electron chi connectivity index (χ2n) is 5.02. The molecule has 0 bridgehead atoms. The maximum Gasteiger partial charge on any atom is 0.221 e. The van der Waals surface area contributed by atoms with Crippen LogP contribution in [0, 0.1) is 6.92 Å². The zero-order valence-corrected chi connectivity index (χ0v) is 13.2. The van der Waals surface area contributed by atoms with Crippen molar-refractivity contribution in [2.45, 2.75) is 20.5 Å². The van der Waals surface area contributed by atoms with E-state index in [1.807, 2.05) is 43.3 Å². The second kappa shape index (κ2) is 6.15. The number of nitrogens with one attached hydrogen (secondary N) is 1. The zero-order valence-electron chi connectivity index (χ0n) is 12.4. The largest absolute Gasteiger partial charge is 0.486 e. The first kappa shape index (κ1) is 14.5. The van der Waals surface area contributed by atoms with Crippen LogP contribution >= 0.6 is 11.3 Å². The number of hydrogen-bond acceptors (Lipinski definition) is 4. The van der Waals surface area contributed by atoms with Crippen LogP contribution in [0.3, 0.4) is 0 Å². The monoisotopic (exact) mass is 312 g/mol. The first-order chi connectivity index (χ1) is 10.6. The highest BCUT2D eigenvalue weighted by atomic mass is 32.1. The summed E-state index contributed by atoms with van der Waals surface area (Å²) in [4.78, 5) is 15.6. The van der Waals surface area contributed by atoms with Crippen molar-refractivity contribution in [2.75, 3.05) is 5.32 Å². The molecule has 3 aromatic rings. The van der Waals surface area contributed by atoms with Gasteiger partial charge in [0.2, 0.25) is 5.91 Å². The molecule has 0 atom stereocenters. The predicted molar refractivity (Wildman–Crippen MR) is 89.4 cm³/mol. The number of hydrogen-bond donors (Lipinski definition) is 1. The summed E-state index contributed by atoms with van der Waals surface area (Å²) in [5.41, 5.74) is 2.78. The lowest BCUT2D eigenvalue weighted by Gasteiger charge is -2.09. The van der Waals surface area contributed by atoms with Gasteiger partial charge in [0.1, 0.15) is 17.4 Å². The molecule has 0 saturated heterocycles. The summed E-state index contributed by atoms with van der Waals surface area (Å²) in [6.45, 7) is 3.88. The van der Waals surface area contributed by atoms with E-state index in [-0.39, 0.29) is 5.91 Å². The number of thiazole rings is 1. The molecule has 2 aromatic carbocycles. The smallest absolute Gasteiger partial charge is 0.221 e. The topological polar surface area (TPSA) is 51.2 Å². The number of ether oxygens (including phenoxy) is 1. The van der Waals surface area contributed by atoms with E-state index in [2.05, 4.69) is 16.4 Å². The van der Waals surface area contributed by atoms with E-state index in [1.165, 1.54) is 11.6 Å². The Balaban J connectivity index is 1.70. The number of anilines is 1. The standard InChI is InChI=1S/C17H16N2O2S/c1-11-9-13(7-8-14(11)18-12(2)20)21-10-17-19-15-5-3-4-6-16(15)22-17/h3-9H,10H2,1-2H3,(H,18,20). The van der Waals surface area contributed by atoms with Gasteiger partial charge in [-0.15, -0.1) is 11.3 Å². The fourth-order valence-corrected chi connectivity index (χ4v) is 3.06. The van der Waals surface area contributed by atoms with Crippen LogP contribution in [0.5, 0.6) is 5.75 Å². The van der Waals surface area contributed by atoms with E-state index in [0.29, 0.717) is 6.61 Å². The third-order valence-electron chi connectivity index (χ3n) is 3.21. The Morgan fingerprint density at radius 3 is 2.82 bits per heavy atom. The molecule has 1 N–H and O–H groups in total. The molecule has 0 aliphatic carbocycles. The van der Waals surface area contributed by atoms with Crippen molar-refractivity contribution in [3.63, 3.8) is 0 Å². The molecule has 0 radical (unpaired) electrons. The average molecular weight is 312 g/mol. The van der Waals surface area contributed by atoms with Gasteiger partial charge in [0, 0.05) is 12.6 Å². The first-order valence-electron chi connectivity index (χ1n) is 6.97. The molecule has 22 heavy (non-hydrogen) atoms. The van der Waals surface area contributed by atoms with Gasteiger partial charge >= 0.3 is 0 Å². The number of amides is 1. The maximum atomic E-state index is 11.1. The lowest BCUT2D eigenvalue weighted by Crippen LogP contribution is -2.07. The highest BCUT2D eigenvalue weighted by molar-refractivity contribution is 7.18. The molecule has 5 heteroatoms. The minimum Gasteiger partial charge on any atom is -0.486 e. The van der Waals surface area contributed by atoms with Gasteiger partial charge in [-0.05, 0) is 42.8 Å². The van der Waals surface area contributed by atoms with E-state index in [0.717, 1.165) is 27.5 Å². The van der Waals surface area contributed by atoms with E-state index in [4.69, 9.17) is 4.74 Å². The van der Waals surface area contributed by atoms with Crippen molar-refractivity contribution in [3.05, 3.63) is 53.0 Å². The van der Waals surface area contributed by atoms with Crippen molar-refractivity contribution < 1.29 is 9.53 Å². The molecule has 4 nitrogen and oxygen atoms in total. The summed E-state index contributed by atoms with van der Waals surface area (Å²) in [7, 11) is 0. The maximum absolute atomic E-state index is 11.1. The highest BCUT2D eigenvalue weighted by Crippen LogP contribution is 2.25. The molecule has 0 aliphatic heterocycles. The molecule has 112 valence electrons. The van der Waals surface area contributed by atoms with Crippen LogP contribution in [0.1, 0.15) is 17.5 Å². The minimum atomic E-state index is -0.0776. The Morgan fingerprint density at radius 2 is 2.09 bits per heavy atom. The zero-order chi connectivity index (χ0) is 15.5. The fraction of sp³-hybridized carbons (Fsp3) is 0.176. The van der Waals surface area contributed by atoms with Crippen molar-refractivity contribution in [3.8, 4) is 5.75 Å². The first-order valence-corrected chi connectivity index (χ1v) is 7.79. The van der Waals surface area contributed by atoms with Crippen LogP contribution in [0.15, 0.2) is 42.5 Å². The molecule has 0 saturated carbocycles. The lowest BCUT2D eigenvalue weighted by atomic mass is 10.2. The normalized spacial score (nSPS) is 10.6. The number of aromatic nitrogens is 1. The Bertz CT molecular complexity index is 793. The molecule has 1 amide bonds. The second-order valence-corrected chi connectivity index (χ2v) is 6.14. The van der Waals surface area contributed by atoms with Crippen LogP contribution in [-0.2, 0) is 11.4 Å². The molecule has 1 heterocycles. The average Bonchev–Trinajstić information content (AvgIpc) is 2.90. The van der Waals surface area contributed by atoms with Gasteiger partial charge in [-0.3, -0.25) is 4.79 Å². The number of rotatable bonds is 4. The quantitative estimate of drug-likeness (QED) is 0.787. The molecule has 0 spiro atoms. The van der Waals surface area contributed by atoms with Gasteiger partial charge in [0.25, 0.3) is 0 Å². The Kier molecular flexibility index (Phi) is 4.06. The van der Waals surface area contributed by atoms with E-state index in [1.54, 1.807) is 11.3 Å². The summed E-state index contributed by atoms with van der Waals surface area (Å²) in [6, 6.07) is 13.7. The third-order valence-corrected chi connectivity index (χ3v) is 4.22. The van der Waals surface area contributed by atoms with E-state index >= 15 is 0 Å². The van der Waals surface area contributed by atoms with Crippen LogP contribution in [-0.4, -0.2) is 10.9 Å². The molecule has 0 unspecified atom stereocenters. The van der Waals surface area contributed by atoms with Gasteiger partial charge in [-0.1, -0.05) is 12.1 Å². The van der Waals surface area contributed by atoms with Crippen LogP contribution in [0.4, 0.5) is 5.69 Å². The number of carbonyl (C=O) groups excluding carboxylic acids is 1. The van der Waals surface area contributed by atoms with Crippen molar-refractivity contribution in [1.82, 2.24) is 4.98 Å². The minimum absolute atomic E-state index is 0.0776. The Morgan fingerprint density at radius 1 is 1.27 bits per heavy atom. The molecular weight excluding hydrogens is 296 g/mol. The van der Waals surface area contributed by atoms with Gasteiger partial charge in [-0.25, -0.2) is 4.98 Å². The van der Waals surface area contributed by atoms with E-state index in [9.17, 15) is 4.79 Å². The number of para-hydroxylation sites is 1. The lowest BCUT2D eigenvalue weighted by molar-refractivity contribution is -0.114. The Hall–Kier alpha value is -2.40. The number of benzene rings is 2. The van der Waals surface area contributed by atoms with Gasteiger partial charge in [0.05, 0.1) is 10.2 Å². The molecule has 3 rings (SSSR count). The third kappa shape index (κ3) is 3.26. The van der Waals surface area contributed by atoms with Crippen LogP contribution in [0.25, 0.3) is 10.2 Å².